The van der Waals surface area contributed by atoms with Gasteiger partial charge in [-0.2, -0.15) is 0 Å². The van der Waals surface area contributed by atoms with Gasteiger partial charge in [0, 0.05) is 5.92 Å². The molecule has 0 saturated heterocycles. The monoisotopic (exact) mass is 343 g/mol. The molecule has 0 unspecified atom stereocenters. The van der Waals surface area contributed by atoms with Crippen LogP contribution in [0.2, 0.25) is 10.0 Å². The largest absolute Gasteiger partial charge is 0.376 e. The highest BCUT2D eigenvalue weighted by Crippen LogP contribution is 2.52. The zero-order valence-corrected chi connectivity index (χ0v) is 14.5. The zero-order chi connectivity index (χ0) is 16.0. The highest BCUT2D eigenvalue weighted by molar-refractivity contribution is 6.43. The molecule has 0 amide bonds. The SMILES string of the molecule is CCc1ccc([C@@H]2Nc3c(ccc(Cl)c3Cl)[C@H]3C=CC[C@@H]32)cc1. The van der Waals surface area contributed by atoms with E-state index in [0.29, 0.717) is 21.9 Å². The molecule has 1 N–H and O–H groups in total. The van der Waals surface area contributed by atoms with Crippen molar-refractivity contribution >= 4 is 28.9 Å². The van der Waals surface area contributed by atoms with Crippen LogP contribution in [0.1, 0.15) is 42.0 Å². The summed E-state index contributed by atoms with van der Waals surface area (Å²) in [5.74, 6) is 0.948. The quantitative estimate of drug-likeness (QED) is 0.623. The van der Waals surface area contributed by atoms with Gasteiger partial charge in [-0.25, -0.2) is 0 Å². The van der Waals surface area contributed by atoms with Crippen molar-refractivity contribution in [3.05, 3.63) is 75.3 Å². The summed E-state index contributed by atoms with van der Waals surface area (Å²) in [7, 11) is 0. The molecule has 0 radical (unpaired) electrons. The minimum atomic E-state index is 0.268. The number of fused-ring (bicyclic) bond motifs is 3. The summed E-state index contributed by atoms with van der Waals surface area (Å²) in [6.07, 6.45) is 6.78. The van der Waals surface area contributed by atoms with Crippen LogP contribution in [0.25, 0.3) is 0 Å². The Kier molecular flexibility index (Phi) is 3.87. The Labute approximate surface area is 147 Å². The van der Waals surface area contributed by atoms with E-state index in [2.05, 4.69) is 54.7 Å². The second kappa shape index (κ2) is 5.89. The maximum Gasteiger partial charge on any atom is 0.0826 e. The molecule has 0 bridgehead atoms. The molecule has 3 atom stereocenters. The third kappa shape index (κ3) is 2.47. The Morgan fingerprint density at radius 3 is 2.61 bits per heavy atom. The zero-order valence-electron chi connectivity index (χ0n) is 13.0. The van der Waals surface area contributed by atoms with E-state index in [0.717, 1.165) is 18.5 Å². The van der Waals surface area contributed by atoms with Crippen LogP contribution < -0.4 is 5.32 Å². The number of halogens is 2. The van der Waals surface area contributed by atoms with Gasteiger partial charge in [0.15, 0.2) is 0 Å². The van der Waals surface area contributed by atoms with E-state index in [1.165, 1.54) is 16.7 Å². The number of hydrogen-bond donors (Lipinski definition) is 1. The molecule has 1 aliphatic carbocycles. The lowest BCUT2D eigenvalue weighted by molar-refractivity contribution is 0.425. The molecule has 1 nitrogen and oxygen atoms in total. The standard InChI is InChI=1S/C20H19Cl2N/c1-2-12-6-8-13(9-7-12)19-15-5-3-4-14(15)16-10-11-17(21)18(22)20(16)23-19/h3-4,6-11,14-15,19,23H,2,5H2,1H3/t14-,15-,19-/m0/s1. The Morgan fingerprint density at radius 2 is 1.87 bits per heavy atom. The van der Waals surface area contributed by atoms with Crippen molar-refractivity contribution in [3.63, 3.8) is 0 Å². The Hall–Kier alpha value is -1.44. The number of nitrogens with one attached hydrogen (secondary N) is 1. The van der Waals surface area contributed by atoms with Gasteiger partial charge in [-0.15, -0.1) is 0 Å². The summed E-state index contributed by atoms with van der Waals surface area (Å²) in [5.41, 5.74) is 4.95. The minimum absolute atomic E-state index is 0.268. The van der Waals surface area contributed by atoms with Crippen LogP contribution in [0.5, 0.6) is 0 Å². The Bertz CT molecular complexity index is 764. The highest BCUT2D eigenvalue weighted by Gasteiger charge is 2.38. The molecule has 118 valence electrons. The molecule has 2 aromatic carbocycles. The fourth-order valence-electron chi connectivity index (χ4n) is 3.89. The molecule has 0 saturated carbocycles. The molecular formula is C20H19Cl2N. The number of anilines is 1. The first-order valence-corrected chi connectivity index (χ1v) is 8.94. The summed E-state index contributed by atoms with van der Waals surface area (Å²) >= 11 is 12.7. The summed E-state index contributed by atoms with van der Waals surface area (Å²) in [6.45, 7) is 2.18. The van der Waals surface area contributed by atoms with Gasteiger partial charge in [0.1, 0.15) is 0 Å². The summed E-state index contributed by atoms with van der Waals surface area (Å²) in [5, 5.41) is 4.92. The Balaban J connectivity index is 1.78. The lowest BCUT2D eigenvalue weighted by atomic mass is 9.77. The third-order valence-electron chi connectivity index (χ3n) is 5.17. The van der Waals surface area contributed by atoms with Crippen molar-refractivity contribution in [2.24, 2.45) is 5.92 Å². The topological polar surface area (TPSA) is 12.0 Å². The average molecular weight is 344 g/mol. The molecule has 0 aromatic heterocycles. The molecule has 0 spiro atoms. The summed E-state index contributed by atoms with van der Waals surface area (Å²) < 4.78 is 0. The predicted octanol–water partition coefficient (Wildman–Crippen LogP) is 6.38. The minimum Gasteiger partial charge on any atom is -0.376 e. The molecule has 23 heavy (non-hydrogen) atoms. The van der Waals surface area contributed by atoms with Crippen molar-refractivity contribution in [1.29, 1.82) is 0 Å². The van der Waals surface area contributed by atoms with E-state index in [-0.39, 0.29) is 6.04 Å². The van der Waals surface area contributed by atoms with Gasteiger partial charge in [0.25, 0.3) is 0 Å². The maximum absolute atomic E-state index is 6.48. The van der Waals surface area contributed by atoms with Crippen molar-refractivity contribution in [2.45, 2.75) is 31.7 Å². The molecule has 2 aliphatic rings. The van der Waals surface area contributed by atoms with E-state index < -0.39 is 0 Å². The van der Waals surface area contributed by atoms with Gasteiger partial charge in [-0.3, -0.25) is 0 Å². The van der Waals surface area contributed by atoms with Gasteiger partial charge in [-0.05, 0) is 41.5 Å². The van der Waals surface area contributed by atoms with Crippen LogP contribution in [-0.4, -0.2) is 0 Å². The van der Waals surface area contributed by atoms with Gasteiger partial charge in [0.05, 0.1) is 21.8 Å². The van der Waals surface area contributed by atoms with Gasteiger partial charge in [-0.1, -0.05) is 72.6 Å². The van der Waals surface area contributed by atoms with E-state index in [1.54, 1.807) is 0 Å². The van der Waals surface area contributed by atoms with Crippen LogP contribution in [0, 0.1) is 5.92 Å². The van der Waals surface area contributed by atoms with Gasteiger partial charge < -0.3 is 5.32 Å². The third-order valence-corrected chi connectivity index (χ3v) is 5.98. The van der Waals surface area contributed by atoms with Crippen LogP contribution in [0.3, 0.4) is 0 Å². The van der Waals surface area contributed by atoms with Crippen LogP contribution >= 0.6 is 23.2 Å². The van der Waals surface area contributed by atoms with Gasteiger partial charge in [0.2, 0.25) is 0 Å². The van der Waals surface area contributed by atoms with Crippen molar-refractivity contribution < 1.29 is 0 Å². The molecule has 4 rings (SSSR count). The second-order valence-electron chi connectivity index (χ2n) is 6.40. The highest BCUT2D eigenvalue weighted by atomic mass is 35.5. The number of hydrogen-bond acceptors (Lipinski definition) is 1. The normalized spacial score (nSPS) is 24.9. The molecular weight excluding hydrogens is 325 g/mol. The first kappa shape index (κ1) is 15.1. The lowest BCUT2D eigenvalue weighted by Gasteiger charge is -2.38. The molecule has 3 heteroatoms. The fraction of sp³-hybridized carbons (Fsp3) is 0.300. The first-order valence-electron chi connectivity index (χ1n) is 8.19. The number of benzene rings is 2. The second-order valence-corrected chi connectivity index (χ2v) is 7.18. The maximum atomic E-state index is 6.48. The number of allylic oxidation sites excluding steroid dienone is 2. The molecule has 1 heterocycles. The Morgan fingerprint density at radius 1 is 1.09 bits per heavy atom. The fourth-order valence-corrected chi connectivity index (χ4v) is 4.28. The van der Waals surface area contributed by atoms with E-state index >= 15 is 0 Å². The van der Waals surface area contributed by atoms with Crippen LogP contribution in [0.4, 0.5) is 5.69 Å². The molecule has 0 fully saturated rings. The predicted molar refractivity (Wildman–Crippen MR) is 98.6 cm³/mol. The van der Waals surface area contributed by atoms with Crippen molar-refractivity contribution in [3.8, 4) is 0 Å². The smallest absolute Gasteiger partial charge is 0.0826 e. The molecule has 2 aromatic rings. The average Bonchev–Trinajstić information content (AvgIpc) is 3.07. The van der Waals surface area contributed by atoms with E-state index in [4.69, 9.17) is 23.2 Å². The van der Waals surface area contributed by atoms with Crippen LogP contribution in [-0.2, 0) is 6.42 Å². The van der Waals surface area contributed by atoms with E-state index in [9.17, 15) is 0 Å². The van der Waals surface area contributed by atoms with Crippen LogP contribution in [0.15, 0.2) is 48.6 Å². The molecule has 1 aliphatic heterocycles. The van der Waals surface area contributed by atoms with Gasteiger partial charge >= 0.3 is 0 Å². The number of rotatable bonds is 2. The lowest BCUT2D eigenvalue weighted by Crippen LogP contribution is -2.29. The van der Waals surface area contributed by atoms with Crippen molar-refractivity contribution in [2.75, 3.05) is 5.32 Å². The van der Waals surface area contributed by atoms with Crippen molar-refractivity contribution in [1.82, 2.24) is 0 Å². The number of aryl methyl sites for hydroxylation is 1. The summed E-state index contributed by atoms with van der Waals surface area (Å²) in [4.78, 5) is 0. The summed E-state index contributed by atoms with van der Waals surface area (Å²) in [6, 6.07) is 13.2. The van der Waals surface area contributed by atoms with E-state index in [1.807, 2.05) is 6.07 Å². The first-order chi connectivity index (χ1) is 11.2.